The van der Waals surface area contributed by atoms with Crippen molar-refractivity contribution in [1.29, 1.82) is 0 Å². The summed E-state index contributed by atoms with van der Waals surface area (Å²) in [5, 5.41) is 15.2. The van der Waals surface area contributed by atoms with Crippen molar-refractivity contribution in [2.75, 3.05) is 18.5 Å². The Morgan fingerprint density at radius 2 is 1.88 bits per heavy atom. The molecule has 1 aromatic heterocycles. The van der Waals surface area contributed by atoms with Crippen LogP contribution in [-0.4, -0.2) is 35.0 Å². The topological polar surface area (TPSA) is 54.4 Å². The molecule has 2 aromatic carbocycles. The summed E-state index contributed by atoms with van der Waals surface area (Å²) in [7, 11) is 0. The number of aromatic nitrogens is 1. The highest BCUT2D eigenvalue weighted by atomic mass is 19.4. The summed E-state index contributed by atoms with van der Waals surface area (Å²) in [5.74, 6) is -0.119. The van der Waals surface area contributed by atoms with E-state index in [1.54, 1.807) is 38.2 Å². The average Bonchev–Trinajstić information content (AvgIpc) is 3.19. The largest absolute Gasteiger partial charge is 0.493 e. The van der Waals surface area contributed by atoms with E-state index in [2.05, 4.69) is 10.3 Å². The molecule has 0 fully saturated rings. The maximum absolute atomic E-state index is 14.2. The number of alkyl halides is 3. The van der Waals surface area contributed by atoms with E-state index in [1.807, 2.05) is 13.0 Å². The second kappa shape index (κ2) is 8.17. The smallest absolute Gasteiger partial charge is 0.418 e. The van der Waals surface area contributed by atoms with Crippen molar-refractivity contribution in [2.24, 2.45) is 0 Å². The van der Waals surface area contributed by atoms with Crippen LogP contribution in [0.2, 0.25) is 0 Å². The fraction of sp³-hybridized carbons (Fsp3) is 0.400. The zero-order valence-electron chi connectivity index (χ0n) is 18.7. The van der Waals surface area contributed by atoms with Crippen LogP contribution in [0, 0.1) is 12.7 Å². The first-order valence-corrected chi connectivity index (χ1v) is 10.7. The number of hydrogen-bond acceptors (Lipinski definition) is 4. The number of pyridine rings is 1. The Morgan fingerprint density at radius 3 is 2.61 bits per heavy atom. The lowest BCUT2D eigenvalue weighted by Gasteiger charge is -2.38. The highest BCUT2D eigenvalue weighted by Gasteiger charge is 2.56. The van der Waals surface area contributed by atoms with Gasteiger partial charge in [0.2, 0.25) is 0 Å². The Kier molecular flexibility index (Phi) is 5.76. The lowest BCUT2D eigenvalue weighted by atomic mass is 9.74. The van der Waals surface area contributed by atoms with Gasteiger partial charge < -0.3 is 15.2 Å². The van der Waals surface area contributed by atoms with Crippen LogP contribution in [0.15, 0.2) is 42.6 Å². The zero-order valence-corrected chi connectivity index (χ0v) is 18.7. The Labute approximate surface area is 189 Å². The monoisotopic (exact) mass is 462 g/mol. The summed E-state index contributed by atoms with van der Waals surface area (Å²) in [6.07, 6.45) is -3.51. The standard InChI is InChI=1S/C25H26F4N2O2/c1-15-18-5-4-6-21(19(18)7-9-30-15)31-14-24(32,25(27,28)29)13-23(2,3)20-12-17(26)11-16-8-10-33-22(16)20/h4-7,9,11-12,31-32H,8,10,13-14H2,1-3H3/t24-/m1/s1. The Hall–Kier alpha value is -2.87. The fourth-order valence-electron chi connectivity index (χ4n) is 4.61. The molecular weight excluding hydrogens is 436 g/mol. The predicted octanol–water partition coefficient (Wildman–Crippen LogP) is 5.69. The van der Waals surface area contributed by atoms with Gasteiger partial charge >= 0.3 is 6.18 Å². The zero-order chi connectivity index (χ0) is 24.0. The van der Waals surface area contributed by atoms with E-state index < -0.39 is 36.0 Å². The molecule has 8 heteroatoms. The molecule has 0 saturated carbocycles. The number of rotatable bonds is 6. The maximum Gasteiger partial charge on any atom is 0.418 e. The minimum absolute atomic E-state index is 0.324. The molecule has 2 N–H and O–H groups in total. The molecule has 4 rings (SSSR count). The molecule has 0 aliphatic carbocycles. The SMILES string of the molecule is Cc1nccc2c(NC[C@](O)(CC(C)(C)c3cc(F)cc4c3OCC4)C(F)(F)F)cccc12. The molecule has 176 valence electrons. The van der Waals surface area contributed by atoms with Gasteiger partial charge in [0, 0.05) is 45.9 Å². The first kappa shape index (κ1) is 23.3. The quantitative estimate of drug-likeness (QED) is 0.462. The number of nitrogens with one attached hydrogen (secondary N) is 1. The van der Waals surface area contributed by atoms with E-state index in [-0.39, 0.29) is 0 Å². The molecule has 0 saturated heterocycles. The molecule has 0 bridgehead atoms. The number of benzene rings is 2. The maximum atomic E-state index is 14.2. The van der Waals surface area contributed by atoms with Crippen LogP contribution in [0.5, 0.6) is 5.75 Å². The molecule has 0 unspecified atom stereocenters. The van der Waals surface area contributed by atoms with Gasteiger partial charge in [-0.15, -0.1) is 0 Å². The number of aliphatic hydroxyl groups is 1. The van der Waals surface area contributed by atoms with Crippen molar-refractivity contribution < 1.29 is 27.4 Å². The molecule has 3 aromatic rings. The van der Waals surface area contributed by atoms with Crippen LogP contribution in [0.3, 0.4) is 0 Å². The van der Waals surface area contributed by atoms with Crippen molar-refractivity contribution in [1.82, 2.24) is 4.98 Å². The minimum Gasteiger partial charge on any atom is -0.493 e. The van der Waals surface area contributed by atoms with Gasteiger partial charge in [-0.3, -0.25) is 4.98 Å². The van der Waals surface area contributed by atoms with E-state index in [0.29, 0.717) is 41.0 Å². The van der Waals surface area contributed by atoms with Gasteiger partial charge in [0.25, 0.3) is 0 Å². The molecule has 33 heavy (non-hydrogen) atoms. The molecule has 4 nitrogen and oxygen atoms in total. The lowest BCUT2D eigenvalue weighted by Crippen LogP contribution is -2.53. The first-order valence-electron chi connectivity index (χ1n) is 10.7. The molecule has 0 amide bonds. The van der Waals surface area contributed by atoms with Crippen molar-refractivity contribution in [2.45, 2.75) is 50.8 Å². The highest BCUT2D eigenvalue weighted by molar-refractivity contribution is 5.95. The second-order valence-corrected chi connectivity index (χ2v) is 9.28. The summed E-state index contributed by atoms with van der Waals surface area (Å²) >= 11 is 0. The third-order valence-corrected chi connectivity index (χ3v) is 6.32. The van der Waals surface area contributed by atoms with Gasteiger partial charge in [-0.25, -0.2) is 4.39 Å². The van der Waals surface area contributed by atoms with Crippen molar-refractivity contribution >= 4 is 16.5 Å². The molecule has 0 radical (unpaired) electrons. The number of anilines is 1. The number of hydrogen-bond donors (Lipinski definition) is 2. The molecule has 1 aliphatic rings. The molecule has 1 atom stereocenters. The minimum atomic E-state index is -4.92. The summed E-state index contributed by atoms with van der Waals surface area (Å²) in [6, 6.07) is 9.49. The number of ether oxygens (including phenoxy) is 1. The van der Waals surface area contributed by atoms with Crippen LogP contribution in [0.1, 0.15) is 37.1 Å². The van der Waals surface area contributed by atoms with Crippen molar-refractivity contribution in [3.8, 4) is 5.75 Å². The highest BCUT2D eigenvalue weighted by Crippen LogP contribution is 2.46. The molecule has 0 spiro atoms. The van der Waals surface area contributed by atoms with E-state index in [1.165, 1.54) is 12.1 Å². The van der Waals surface area contributed by atoms with E-state index in [4.69, 9.17) is 4.74 Å². The van der Waals surface area contributed by atoms with Gasteiger partial charge in [0.05, 0.1) is 13.2 Å². The van der Waals surface area contributed by atoms with Crippen LogP contribution >= 0.6 is 0 Å². The molecule has 2 heterocycles. The lowest BCUT2D eigenvalue weighted by molar-refractivity contribution is -0.260. The third kappa shape index (κ3) is 4.36. The van der Waals surface area contributed by atoms with Gasteiger partial charge in [-0.2, -0.15) is 13.2 Å². The van der Waals surface area contributed by atoms with Crippen LogP contribution in [0.25, 0.3) is 10.8 Å². The van der Waals surface area contributed by atoms with E-state index in [9.17, 15) is 22.7 Å². The van der Waals surface area contributed by atoms with Crippen LogP contribution in [-0.2, 0) is 11.8 Å². The summed E-state index contributed by atoms with van der Waals surface area (Å²) in [4.78, 5) is 4.21. The molecular formula is C25H26F4N2O2. The summed E-state index contributed by atoms with van der Waals surface area (Å²) in [5.41, 5.74) is -2.12. The average molecular weight is 462 g/mol. The van der Waals surface area contributed by atoms with Gasteiger partial charge in [0.1, 0.15) is 11.6 Å². The van der Waals surface area contributed by atoms with Crippen LogP contribution < -0.4 is 10.1 Å². The van der Waals surface area contributed by atoms with Gasteiger partial charge in [0.15, 0.2) is 5.60 Å². The number of aryl methyl sites for hydroxylation is 1. The summed E-state index contributed by atoms with van der Waals surface area (Å²) in [6.45, 7) is 4.53. The number of halogens is 4. The predicted molar refractivity (Wildman–Crippen MR) is 119 cm³/mol. The van der Waals surface area contributed by atoms with Crippen LogP contribution in [0.4, 0.5) is 23.2 Å². The van der Waals surface area contributed by atoms with E-state index >= 15 is 0 Å². The van der Waals surface area contributed by atoms with Crippen molar-refractivity contribution in [3.63, 3.8) is 0 Å². The van der Waals surface area contributed by atoms with Gasteiger partial charge in [-0.05, 0) is 43.0 Å². The number of fused-ring (bicyclic) bond motifs is 2. The first-order chi connectivity index (χ1) is 15.4. The normalized spacial score (nSPS) is 15.8. The number of nitrogens with zero attached hydrogens (tertiary/aromatic N) is 1. The Bertz CT molecular complexity index is 1190. The third-order valence-electron chi connectivity index (χ3n) is 6.32. The van der Waals surface area contributed by atoms with Crippen molar-refractivity contribution in [3.05, 3.63) is 65.2 Å². The Balaban J connectivity index is 1.66. The van der Waals surface area contributed by atoms with Gasteiger partial charge in [-0.1, -0.05) is 26.0 Å². The van der Waals surface area contributed by atoms with E-state index in [0.717, 1.165) is 11.1 Å². The Morgan fingerprint density at radius 1 is 1.12 bits per heavy atom. The fourth-order valence-corrected chi connectivity index (χ4v) is 4.61. The summed E-state index contributed by atoms with van der Waals surface area (Å²) < 4.78 is 62.4. The molecule has 1 aliphatic heterocycles. The second-order valence-electron chi connectivity index (χ2n) is 9.28.